The molecular formula is C18H37NS. The SMILES string of the molecule is CSCCCC1CC(C(C)(C)C)CCC1CNC(C)C. The molecule has 0 aromatic heterocycles. The predicted molar refractivity (Wildman–Crippen MR) is 94.5 cm³/mol. The summed E-state index contributed by atoms with van der Waals surface area (Å²) in [4.78, 5) is 0. The van der Waals surface area contributed by atoms with Gasteiger partial charge >= 0.3 is 0 Å². The molecule has 0 radical (unpaired) electrons. The number of hydrogen-bond donors (Lipinski definition) is 1. The lowest BCUT2D eigenvalue weighted by molar-refractivity contribution is 0.0913. The van der Waals surface area contributed by atoms with Crippen LogP contribution in [-0.4, -0.2) is 24.6 Å². The van der Waals surface area contributed by atoms with Gasteiger partial charge in [0.15, 0.2) is 0 Å². The van der Waals surface area contributed by atoms with Crippen molar-refractivity contribution in [3.05, 3.63) is 0 Å². The average Bonchev–Trinajstić information content (AvgIpc) is 2.36. The van der Waals surface area contributed by atoms with E-state index in [1.807, 2.05) is 11.8 Å². The van der Waals surface area contributed by atoms with Gasteiger partial charge in [-0.25, -0.2) is 0 Å². The first kappa shape index (κ1) is 18.4. The van der Waals surface area contributed by atoms with Crippen molar-refractivity contribution in [1.82, 2.24) is 5.32 Å². The molecule has 2 heteroatoms. The molecule has 20 heavy (non-hydrogen) atoms. The van der Waals surface area contributed by atoms with Crippen LogP contribution in [0, 0.1) is 23.2 Å². The molecule has 120 valence electrons. The average molecular weight is 300 g/mol. The normalized spacial score (nSPS) is 28.1. The van der Waals surface area contributed by atoms with E-state index >= 15 is 0 Å². The van der Waals surface area contributed by atoms with Crippen molar-refractivity contribution in [1.29, 1.82) is 0 Å². The second-order valence-corrected chi connectivity index (χ2v) is 9.08. The Bertz CT molecular complexity index is 257. The zero-order valence-electron chi connectivity index (χ0n) is 14.7. The van der Waals surface area contributed by atoms with Gasteiger partial charge in [-0.05, 0) is 73.8 Å². The molecule has 0 aromatic carbocycles. The lowest BCUT2D eigenvalue weighted by Crippen LogP contribution is -2.38. The summed E-state index contributed by atoms with van der Waals surface area (Å²) in [6.45, 7) is 13.1. The van der Waals surface area contributed by atoms with Gasteiger partial charge in [-0.3, -0.25) is 0 Å². The summed E-state index contributed by atoms with van der Waals surface area (Å²) in [6.07, 6.45) is 9.41. The van der Waals surface area contributed by atoms with Crippen molar-refractivity contribution < 1.29 is 0 Å². The zero-order valence-corrected chi connectivity index (χ0v) is 15.5. The molecule has 0 heterocycles. The van der Waals surface area contributed by atoms with Crippen LogP contribution in [0.1, 0.15) is 66.7 Å². The van der Waals surface area contributed by atoms with Gasteiger partial charge in [0, 0.05) is 6.04 Å². The molecule has 1 fully saturated rings. The van der Waals surface area contributed by atoms with Crippen LogP contribution in [0.3, 0.4) is 0 Å². The van der Waals surface area contributed by atoms with Crippen molar-refractivity contribution in [3.63, 3.8) is 0 Å². The molecule has 1 N–H and O–H groups in total. The predicted octanol–water partition coefficient (Wildman–Crippen LogP) is 5.21. The fourth-order valence-corrected chi connectivity index (χ4v) is 4.07. The van der Waals surface area contributed by atoms with E-state index in [-0.39, 0.29) is 0 Å². The summed E-state index contributed by atoms with van der Waals surface area (Å²) >= 11 is 2.00. The van der Waals surface area contributed by atoms with Gasteiger partial charge in [0.05, 0.1) is 0 Å². The highest BCUT2D eigenvalue weighted by Gasteiger charge is 2.35. The Labute approximate surface area is 132 Å². The second-order valence-electron chi connectivity index (χ2n) is 8.09. The smallest absolute Gasteiger partial charge is 0.00104 e. The highest BCUT2D eigenvalue weighted by Crippen LogP contribution is 2.44. The quantitative estimate of drug-likeness (QED) is 0.648. The molecule has 1 saturated carbocycles. The number of nitrogens with one attached hydrogen (secondary N) is 1. The second kappa shape index (κ2) is 8.68. The number of thioether (sulfide) groups is 1. The van der Waals surface area contributed by atoms with Crippen molar-refractivity contribution in [2.75, 3.05) is 18.6 Å². The molecule has 3 atom stereocenters. The molecule has 0 bridgehead atoms. The van der Waals surface area contributed by atoms with Crippen molar-refractivity contribution in [3.8, 4) is 0 Å². The molecule has 3 unspecified atom stereocenters. The molecule has 1 nitrogen and oxygen atoms in total. The van der Waals surface area contributed by atoms with Crippen LogP contribution in [0.25, 0.3) is 0 Å². The minimum Gasteiger partial charge on any atom is -0.314 e. The molecule has 0 saturated heterocycles. The molecule has 1 aliphatic rings. The molecular weight excluding hydrogens is 262 g/mol. The van der Waals surface area contributed by atoms with E-state index in [0.29, 0.717) is 11.5 Å². The Balaban J connectivity index is 2.55. The van der Waals surface area contributed by atoms with E-state index < -0.39 is 0 Å². The fraction of sp³-hybridized carbons (Fsp3) is 1.00. The summed E-state index contributed by atoms with van der Waals surface area (Å²) < 4.78 is 0. The first-order valence-corrected chi connectivity index (χ1v) is 9.96. The molecule has 1 rings (SSSR count). The Morgan fingerprint density at radius 2 is 1.85 bits per heavy atom. The van der Waals surface area contributed by atoms with Crippen LogP contribution in [0.5, 0.6) is 0 Å². The fourth-order valence-electron chi connectivity index (χ4n) is 3.61. The Morgan fingerprint density at radius 1 is 1.15 bits per heavy atom. The molecule has 0 amide bonds. The highest BCUT2D eigenvalue weighted by atomic mass is 32.2. The Kier molecular flexibility index (Phi) is 7.97. The van der Waals surface area contributed by atoms with Gasteiger partial charge in [-0.2, -0.15) is 11.8 Å². The van der Waals surface area contributed by atoms with Crippen molar-refractivity contribution >= 4 is 11.8 Å². The van der Waals surface area contributed by atoms with E-state index in [4.69, 9.17) is 0 Å². The van der Waals surface area contributed by atoms with Crippen molar-refractivity contribution in [2.24, 2.45) is 23.2 Å². The number of rotatable bonds is 7. The zero-order chi connectivity index (χ0) is 15.2. The van der Waals surface area contributed by atoms with Gasteiger partial charge in [0.25, 0.3) is 0 Å². The summed E-state index contributed by atoms with van der Waals surface area (Å²) in [6, 6.07) is 0.627. The van der Waals surface area contributed by atoms with Crippen LogP contribution in [0.15, 0.2) is 0 Å². The lowest BCUT2D eigenvalue weighted by atomic mass is 9.64. The Hall–Kier alpha value is 0.310. The monoisotopic (exact) mass is 299 g/mol. The largest absolute Gasteiger partial charge is 0.314 e. The molecule has 0 aliphatic heterocycles. The van der Waals surface area contributed by atoms with E-state index in [1.54, 1.807) is 0 Å². The Morgan fingerprint density at radius 3 is 2.40 bits per heavy atom. The summed E-state index contributed by atoms with van der Waals surface area (Å²) in [7, 11) is 0. The van der Waals surface area contributed by atoms with Gasteiger partial charge < -0.3 is 5.32 Å². The van der Waals surface area contributed by atoms with Crippen molar-refractivity contribution in [2.45, 2.75) is 72.8 Å². The van der Waals surface area contributed by atoms with E-state index in [0.717, 1.165) is 17.8 Å². The van der Waals surface area contributed by atoms with Gasteiger partial charge in [0.1, 0.15) is 0 Å². The first-order chi connectivity index (χ1) is 9.34. The minimum atomic E-state index is 0.494. The first-order valence-electron chi connectivity index (χ1n) is 8.57. The van der Waals surface area contributed by atoms with Crippen LogP contribution >= 0.6 is 11.8 Å². The van der Waals surface area contributed by atoms with Crippen LogP contribution in [-0.2, 0) is 0 Å². The van der Waals surface area contributed by atoms with Crippen LogP contribution < -0.4 is 5.32 Å². The molecule has 1 aliphatic carbocycles. The topological polar surface area (TPSA) is 12.0 Å². The van der Waals surface area contributed by atoms with Crippen LogP contribution in [0.2, 0.25) is 0 Å². The van der Waals surface area contributed by atoms with Gasteiger partial charge in [0.2, 0.25) is 0 Å². The highest BCUT2D eigenvalue weighted by molar-refractivity contribution is 7.98. The summed E-state index contributed by atoms with van der Waals surface area (Å²) in [5.41, 5.74) is 0.494. The summed E-state index contributed by atoms with van der Waals surface area (Å²) in [5.74, 6) is 4.13. The standard InChI is InChI=1S/C18H37NS/c1-14(2)19-13-16-9-10-17(18(3,4)5)12-15(16)8-7-11-20-6/h14-17,19H,7-13H2,1-6H3. The summed E-state index contributed by atoms with van der Waals surface area (Å²) in [5, 5.41) is 3.68. The van der Waals surface area contributed by atoms with Crippen LogP contribution in [0.4, 0.5) is 0 Å². The van der Waals surface area contributed by atoms with Gasteiger partial charge in [-0.1, -0.05) is 34.6 Å². The lowest BCUT2D eigenvalue weighted by Gasteiger charge is -2.42. The number of hydrogen-bond acceptors (Lipinski definition) is 2. The molecule has 0 aromatic rings. The van der Waals surface area contributed by atoms with E-state index in [1.165, 1.54) is 44.4 Å². The maximum atomic E-state index is 3.68. The van der Waals surface area contributed by atoms with Gasteiger partial charge in [-0.15, -0.1) is 0 Å². The minimum absolute atomic E-state index is 0.494. The third-order valence-electron chi connectivity index (χ3n) is 5.08. The maximum absolute atomic E-state index is 3.68. The maximum Gasteiger partial charge on any atom is 0.00104 e. The third kappa shape index (κ3) is 6.39. The van der Waals surface area contributed by atoms with E-state index in [2.05, 4.69) is 46.2 Å². The van der Waals surface area contributed by atoms with E-state index in [9.17, 15) is 0 Å². The molecule has 0 spiro atoms. The third-order valence-corrected chi connectivity index (χ3v) is 5.77.